The third-order valence-electron chi connectivity index (χ3n) is 4.16. The Labute approximate surface area is 99.4 Å². The number of rotatable bonds is 3. The molecule has 1 aromatic rings. The van der Waals surface area contributed by atoms with Crippen LogP contribution in [0.4, 0.5) is 8.78 Å². The van der Waals surface area contributed by atoms with E-state index in [1.165, 1.54) is 12.1 Å². The fourth-order valence-electron chi connectivity index (χ4n) is 2.63. The molecule has 17 heavy (non-hydrogen) atoms. The van der Waals surface area contributed by atoms with E-state index in [-0.39, 0.29) is 5.56 Å². The van der Waals surface area contributed by atoms with Crippen LogP contribution < -0.4 is 5.73 Å². The lowest BCUT2D eigenvalue weighted by Crippen LogP contribution is -2.53. The van der Waals surface area contributed by atoms with Crippen LogP contribution in [-0.2, 0) is 5.60 Å². The van der Waals surface area contributed by atoms with E-state index < -0.39 is 22.7 Å². The van der Waals surface area contributed by atoms with Crippen LogP contribution in [0.1, 0.15) is 31.7 Å². The normalized spacial score (nSPS) is 21.7. The van der Waals surface area contributed by atoms with Crippen LogP contribution in [0.25, 0.3) is 0 Å². The van der Waals surface area contributed by atoms with E-state index in [2.05, 4.69) is 0 Å². The second-order valence-corrected chi connectivity index (χ2v) is 5.07. The molecule has 1 fully saturated rings. The lowest BCUT2D eigenvalue weighted by atomic mass is 9.57. The van der Waals surface area contributed by atoms with E-state index in [1.807, 2.05) is 0 Å². The Balaban J connectivity index is 2.43. The average Bonchev–Trinajstić information content (AvgIpc) is 2.14. The molecule has 1 aliphatic carbocycles. The summed E-state index contributed by atoms with van der Waals surface area (Å²) in [6.07, 6.45) is 2.56. The predicted octanol–water partition coefficient (Wildman–Crippen LogP) is 2.30. The summed E-state index contributed by atoms with van der Waals surface area (Å²) in [7, 11) is 0. The summed E-state index contributed by atoms with van der Waals surface area (Å²) in [5, 5.41) is 10.6. The van der Waals surface area contributed by atoms with Crippen molar-refractivity contribution in [1.82, 2.24) is 0 Å². The Hall–Kier alpha value is -1.00. The molecule has 2 rings (SSSR count). The highest BCUT2D eigenvalue weighted by molar-refractivity contribution is 5.27. The van der Waals surface area contributed by atoms with Crippen molar-refractivity contribution in [2.24, 2.45) is 11.1 Å². The van der Waals surface area contributed by atoms with Gasteiger partial charge in [0.1, 0.15) is 11.6 Å². The van der Waals surface area contributed by atoms with E-state index in [9.17, 15) is 13.9 Å². The highest BCUT2D eigenvalue weighted by Crippen LogP contribution is 2.53. The molecular formula is C13H17F2NO. The first-order valence-electron chi connectivity index (χ1n) is 5.80. The van der Waals surface area contributed by atoms with Gasteiger partial charge in [-0.2, -0.15) is 0 Å². The first-order valence-corrected chi connectivity index (χ1v) is 5.80. The summed E-state index contributed by atoms with van der Waals surface area (Å²) in [6, 6.07) is 3.16. The molecule has 2 nitrogen and oxygen atoms in total. The van der Waals surface area contributed by atoms with Crippen molar-refractivity contribution in [3.05, 3.63) is 35.4 Å². The summed E-state index contributed by atoms with van der Waals surface area (Å²) < 4.78 is 26.4. The van der Waals surface area contributed by atoms with Crippen molar-refractivity contribution in [3.8, 4) is 0 Å². The summed E-state index contributed by atoms with van der Waals surface area (Å²) in [5.74, 6) is -1.35. The number of benzene rings is 1. The van der Waals surface area contributed by atoms with Crippen LogP contribution in [0.2, 0.25) is 0 Å². The van der Waals surface area contributed by atoms with Gasteiger partial charge in [0.05, 0.1) is 5.60 Å². The lowest BCUT2D eigenvalue weighted by Gasteiger charge is -2.51. The molecule has 1 atom stereocenters. The summed E-state index contributed by atoms with van der Waals surface area (Å²) in [6.45, 7) is 1.91. The van der Waals surface area contributed by atoms with Gasteiger partial charge < -0.3 is 10.8 Å². The highest BCUT2D eigenvalue weighted by atomic mass is 19.1. The fourth-order valence-corrected chi connectivity index (χ4v) is 2.63. The van der Waals surface area contributed by atoms with Crippen molar-refractivity contribution >= 4 is 0 Å². The monoisotopic (exact) mass is 241 g/mol. The van der Waals surface area contributed by atoms with Gasteiger partial charge in [-0.05, 0) is 37.5 Å². The molecular weight excluding hydrogens is 224 g/mol. The molecule has 0 heterocycles. The molecule has 3 N–H and O–H groups in total. The van der Waals surface area contributed by atoms with Crippen molar-refractivity contribution in [2.45, 2.75) is 31.8 Å². The van der Waals surface area contributed by atoms with Gasteiger partial charge in [0.2, 0.25) is 0 Å². The highest BCUT2D eigenvalue weighted by Gasteiger charge is 2.51. The van der Waals surface area contributed by atoms with E-state index in [0.29, 0.717) is 6.54 Å². The van der Waals surface area contributed by atoms with Crippen molar-refractivity contribution in [3.63, 3.8) is 0 Å². The summed E-state index contributed by atoms with van der Waals surface area (Å²) in [4.78, 5) is 0. The number of nitrogens with two attached hydrogens (primary N) is 1. The van der Waals surface area contributed by atoms with Crippen molar-refractivity contribution in [1.29, 1.82) is 0 Å². The Morgan fingerprint density at radius 3 is 2.18 bits per heavy atom. The van der Waals surface area contributed by atoms with Gasteiger partial charge in [-0.1, -0.05) is 6.42 Å². The smallest absolute Gasteiger partial charge is 0.126 e. The molecule has 1 aromatic carbocycles. The molecule has 0 aliphatic heterocycles. The standard InChI is InChI=1S/C13H17F2NO/c1-12(17,13(8-16)3-2-4-13)9-5-10(14)7-11(15)6-9/h5-7,17H,2-4,8,16H2,1H3. The van der Waals surface area contributed by atoms with Crippen LogP contribution in [-0.4, -0.2) is 11.7 Å². The van der Waals surface area contributed by atoms with Gasteiger partial charge in [-0.15, -0.1) is 0 Å². The number of hydrogen-bond donors (Lipinski definition) is 2. The van der Waals surface area contributed by atoms with E-state index in [0.717, 1.165) is 25.3 Å². The zero-order valence-electron chi connectivity index (χ0n) is 9.84. The zero-order valence-corrected chi connectivity index (χ0v) is 9.84. The second-order valence-electron chi connectivity index (χ2n) is 5.07. The van der Waals surface area contributed by atoms with Crippen LogP contribution in [0.15, 0.2) is 18.2 Å². The molecule has 0 spiro atoms. The van der Waals surface area contributed by atoms with Crippen molar-refractivity contribution < 1.29 is 13.9 Å². The quantitative estimate of drug-likeness (QED) is 0.853. The predicted molar refractivity (Wildman–Crippen MR) is 61.3 cm³/mol. The first kappa shape index (κ1) is 12.5. The van der Waals surface area contributed by atoms with Gasteiger partial charge in [0.15, 0.2) is 0 Å². The maximum absolute atomic E-state index is 13.2. The molecule has 1 saturated carbocycles. The third kappa shape index (κ3) is 1.85. The maximum Gasteiger partial charge on any atom is 0.126 e. The molecule has 4 heteroatoms. The molecule has 0 saturated heterocycles. The molecule has 0 radical (unpaired) electrons. The minimum atomic E-state index is -1.29. The van der Waals surface area contributed by atoms with Gasteiger partial charge in [-0.25, -0.2) is 8.78 Å². The van der Waals surface area contributed by atoms with Crippen LogP contribution in [0.3, 0.4) is 0 Å². The van der Waals surface area contributed by atoms with E-state index in [1.54, 1.807) is 6.92 Å². The molecule has 0 aromatic heterocycles. The zero-order chi connectivity index (χ0) is 12.7. The molecule has 1 unspecified atom stereocenters. The largest absolute Gasteiger partial charge is 0.385 e. The van der Waals surface area contributed by atoms with Crippen LogP contribution in [0.5, 0.6) is 0 Å². The maximum atomic E-state index is 13.2. The molecule has 0 bridgehead atoms. The Morgan fingerprint density at radius 2 is 1.82 bits per heavy atom. The Bertz CT molecular complexity index is 402. The number of halogens is 2. The molecule has 94 valence electrons. The third-order valence-corrected chi connectivity index (χ3v) is 4.16. The van der Waals surface area contributed by atoms with Gasteiger partial charge in [0, 0.05) is 18.0 Å². The number of aliphatic hydroxyl groups is 1. The first-order chi connectivity index (χ1) is 7.91. The van der Waals surface area contributed by atoms with Gasteiger partial charge in [0.25, 0.3) is 0 Å². The van der Waals surface area contributed by atoms with Crippen molar-refractivity contribution in [2.75, 3.05) is 6.54 Å². The minimum absolute atomic E-state index is 0.264. The minimum Gasteiger partial charge on any atom is -0.385 e. The second kappa shape index (κ2) is 4.03. The summed E-state index contributed by atoms with van der Waals surface area (Å²) >= 11 is 0. The number of hydrogen-bond acceptors (Lipinski definition) is 2. The fraction of sp³-hybridized carbons (Fsp3) is 0.538. The van der Waals surface area contributed by atoms with Crippen LogP contribution in [0, 0.1) is 17.0 Å². The lowest BCUT2D eigenvalue weighted by molar-refractivity contribution is -0.116. The molecule has 0 amide bonds. The van der Waals surface area contributed by atoms with Gasteiger partial charge >= 0.3 is 0 Å². The SMILES string of the molecule is CC(O)(c1cc(F)cc(F)c1)C1(CN)CCC1. The van der Waals surface area contributed by atoms with Gasteiger partial charge in [-0.3, -0.25) is 0 Å². The average molecular weight is 241 g/mol. The Morgan fingerprint density at radius 1 is 1.29 bits per heavy atom. The van der Waals surface area contributed by atoms with E-state index in [4.69, 9.17) is 5.73 Å². The van der Waals surface area contributed by atoms with E-state index >= 15 is 0 Å². The Kier molecular flexibility index (Phi) is 2.96. The molecule has 1 aliphatic rings. The summed E-state index contributed by atoms with van der Waals surface area (Å²) in [5.41, 5.74) is 4.24. The van der Waals surface area contributed by atoms with Crippen LogP contribution >= 0.6 is 0 Å². The topological polar surface area (TPSA) is 46.2 Å².